The Kier molecular flexibility index (Phi) is 8.09. The standard InChI is InChI=1S/C27H35N5O2S/c1-4-34-25(33)16-27(2,3)24-19-35-26(30-24)32-13-11-31(12-14-32)10-6-5-7-21-18-29-23-9-8-20(17-28)15-22(21)23/h8-9,15,18-19,29H,4-7,10-14,16H2,1-3H3. The number of nitrogens with one attached hydrogen (secondary N) is 1. The van der Waals surface area contributed by atoms with Gasteiger partial charge in [0.2, 0.25) is 0 Å². The molecule has 1 saturated heterocycles. The molecule has 0 unspecified atom stereocenters. The van der Waals surface area contributed by atoms with E-state index in [4.69, 9.17) is 9.72 Å². The van der Waals surface area contributed by atoms with E-state index in [-0.39, 0.29) is 11.4 Å². The molecule has 8 heteroatoms. The molecule has 0 amide bonds. The summed E-state index contributed by atoms with van der Waals surface area (Å²) in [6, 6.07) is 8.07. The number of nitrogens with zero attached hydrogens (tertiary/aromatic N) is 4. The van der Waals surface area contributed by atoms with Crippen LogP contribution in [0.15, 0.2) is 29.8 Å². The van der Waals surface area contributed by atoms with E-state index >= 15 is 0 Å². The second kappa shape index (κ2) is 11.2. The molecule has 0 radical (unpaired) electrons. The number of H-pyrrole nitrogens is 1. The molecular formula is C27H35N5O2S. The van der Waals surface area contributed by atoms with E-state index < -0.39 is 0 Å². The number of nitriles is 1. The minimum atomic E-state index is -0.330. The van der Waals surface area contributed by atoms with Crippen LogP contribution >= 0.6 is 11.3 Å². The van der Waals surface area contributed by atoms with Gasteiger partial charge in [-0.1, -0.05) is 13.8 Å². The first-order valence-electron chi connectivity index (χ1n) is 12.5. The molecule has 7 nitrogen and oxygen atoms in total. The Balaban J connectivity index is 1.21. The SMILES string of the molecule is CCOC(=O)CC(C)(C)c1csc(N2CCN(CCCCc3c[nH]c4ccc(C#N)cc34)CC2)n1. The Morgan fingerprint density at radius 3 is 2.80 bits per heavy atom. The Hall–Kier alpha value is -2.89. The maximum atomic E-state index is 12.0. The van der Waals surface area contributed by atoms with Crippen molar-refractivity contribution in [1.82, 2.24) is 14.9 Å². The molecule has 0 saturated carbocycles. The number of hydrogen-bond donors (Lipinski definition) is 1. The molecule has 1 aliphatic rings. The Morgan fingerprint density at radius 2 is 2.06 bits per heavy atom. The van der Waals surface area contributed by atoms with E-state index in [9.17, 15) is 10.1 Å². The number of aryl methyl sites for hydroxylation is 1. The molecule has 2 aromatic heterocycles. The molecule has 35 heavy (non-hydrogen) atoms. The first-order chi connectivity index (χ1) is 16.9. The third kappa shape index (κ3) is 6.22. The lowest BCUT2D eigenvalue weighted by atomic mass is 9.86. The van der Waals surface area contributed by atoms with Gasteiger partial charge in [-0.15, -0.1) is 11.3 Å². The zero-order valence-corrected chi connectivity index (χ0v) is 21.8. The van der Waals surface area contributed by atoms with Crippen LogP contribution in [0.2, 0.25) is 0 Å². The second-order valence-electron chi connectivity index (χ2n) is 9.85. The lowest BCUT2D eigenvalue weighted by Gasteiger charge is -2.34. The number of aromatic amines is 1. The first-order valence-corrected chi connectivity index (χ1v) is 13.4. The van der Waals surface area contributed by atoms with E-state index in [1.54, 1.807) is 11.3 Å². The molecule has 1 aliphatic heterocycles. The zero-order chi connectivity index (χ0) is 24.8. The number of piperazine rings is 1. The number of ether oxygens (including phenoxy) is 1. The average molecular weight is 494 g/mol. The van der Waals surface area contributed by atoms with Gasteiger partial charge in [0.25, 0.3) is 0 Å². The predicted octanol–water partition coefficient (Wildman–Crippen LogP) is 4.87. The number of rotatable bonds is 10. The van der Waals surface area contributed by atoms with E-state index in [2.05, 4.69) is 46.3 Å². The molecule has 4 rings (SSSR count). The summed E-state index contributed by atoms with van der Waals surface area (Å²) in [7, 11) is 0. The summed E-state index contributed by atoms with van der Waals surface area (Å²) in [4.78, 5) is 25.1. The third-order valence-electron chi connectivity index (χ3n) is 6.79. The van der Waals surface area contributed by atoms with E-state index in [0.717, 1.165) is 68.3 Å². The van der Waals surface area contributed by atoms with Crippen LogP contribution in [-0.2, 0) is 21.4 Å². The van der Waals surface area contributed by atoms with Gasteiger partial charge < -0.3 is 14.6 Å². The molecule has 1 fully saturated rings. The normalized spacial score (nSPS) is 14.9. The maximum Gasteiger partial charge on any atom is 0.306 e. The number of carbonyl (C=O) groups excluding carboxylic acids is 1. The average Bonchev–Trinajstić information content (AvgIpc) is 3.50. The van der Waals surface area contributed by atoms with Crippen LogP contribution < -0.4 is 4.90 Å². The molecule has 3 heterocycles. The molecule has 3 aromatic rings. The number of hydrogen-bond acceptors (Lipinski definition) is 7. The van der Waals surface area contributed by atoms with Crippen molar-refractivity contribution >= 4 is 33.3 Å². The number of carbonyl (C=O) groups is 1. The summed E-state index contributed by atoms with van der Waals surface area (Å²) in [5, 5.41) is 13.5. The highest BCUT2D eigenvalue weighted by atomic mass is 32.1. The van der Waals surface area contributed by atoms with E-state index in [0.29, 0.717) is 18.6 Å². The van der Waals surface area contributed by atoms with Crippen LogP contribution in [0.25, 0.3) is 10.9 Å². The Morgan fingerprint density at radius 1 is 1.26 bits per heavy atom. The number of unbranched alkanes of at least 4 members (excludes halogenated alkanes) is 1. The topological polar surface area (TPSA) is 85.2 Å². The fraction of sp³-hybridized carbons (Fsp3) is 0.519. The quantitative estimate of drug-likeness (QED) is 0.320. The van der Waals surface area contributed by atoms with Gasteiger partial charge in [-0.2, -0.15) is 5.26 Å². The summed E-state index contributed by atoms with van der Waals surface area (Å²) in [6.45, 7) is 11.5. The zero-order valence-electron chi connectivity index (χ0n) is 21.0. The smallest absolute Gasteiger partial charge is 0.306 e. The van der Waals surface area contributed by atoms with Gasteiger partial charge in [-0.3, -0.25) is 9.69 Å². The number of aromatic nitrogens is 2. The van der Waals surface area contributed by atoms with Crippen molar-refractivity contribution < 1.29 is 9.53 Å². The first kappa shape index (κ1) is 25.2. The van der Waals surface area contributed by atoms with Crippen molar-refractivity contribution in [2.75, 3.05) is 44.2 Å². The summed E-state index contributed by atoms with van der Waals surface area (Å²) >= 11 is 1.67. The second-order valence-corrected chi connectivity index (χ2v) is 10.7. The minimum absolute atomic E-state index is 0.169. The minimum Gasteiger partial charge on any atom is -0.466 e. The molecule has 0 atom stereocenters. The number of anilines is 1. The highest BCUT2D eigenvalue weighted by Crippen LogP contribution is 2.32. The van der Waals surface area contributed by atoms with Crippen molar-refractivity contribution in [3.05, 3.63) is 46.6 Å². The van der Waals surface area contributed by atoms with Gasteiger partial charge in [0.05, 0.1) is 30.4 Å². The van der Waals surface area contributed by atoms with Gasteiger partial charge >= 0.3 is 5.97 Å². The molecular weight excluding hydrogens is 458 g/mol. The Labute approximate surface area is 211 Å². The molecule has 1 aromatic carbocycles. The van der Waals surface area contributed by atoms with Gasteiger partial charge in [0.1, 0.15) is 0 Å². The number of fused-ring (bicyclic) bond motifs is 1. The van der Waals surface area contributed by atoms with Crippen molar-refractivity contribution in [1.29, 1.82) is 5.26 Å². The van der Waals surface area contributed by atoms with Crippen LogP contribution in [0.1, 0.15) is 56.9 Å². The maximum absolute atomic E-state index is 12.0. The van der Waals surface area contributed by atoms with Crippen molar-refractivity contribution in [3.8, 4) is 6.07 Å². The third-order valence-corrected chi connectivity index (χ3v) is 7.69. The summed E-state index contributed by atoms with van der Waals surface area (Å²) < 4.78 is 5.13. The predicted molar refractivity (Wildman–Crippen MR) is 141 cm³/mol. The van der Waals surface area contributed by atoms with E-state index in [1.165, 1.54) is 10.9 Å². The van der Waals surface area contributed by atoms with Gasteiger partial charge in [-0.05, 0) is 56.5 Å². The fourth-order valence-corrected chi connectivity index (χ4v) is 5.72. The molecule has 0 aliphatic carbocycles. The lowest BCUT2D eigenvalue weighted by molar-refractivity contribution is -0.144. The van der Waals surface area contributed by atoms with Gasteiger partial charge in [0, 0.05) is 54.1 Å². The summed E-state index contributed by atoms with van der Waals surface area (Å²) in [5.41, 5.74) is 3.75. The monoisotopic (exact) mass is 493 g/mol. The van der Waals surface area contributed by atoms with Crippen molar-refractivity contribution in [2.45, 2.75) is 51.9 Å². The lowest BCUT2D eigenvalue weighted by Crippen LogP contribution is -2.46. The van der Waals surface area contributed by atoms with Crippen molar-refractivity contribution in [3.63, 3.8) is 0 Å². The highest BCUT2D eigenvalue weighted by Gasteiger charge is 2.29. The Bertz CT molecular complexity index is 1180. The van der Waals surface area contributed by atoms with Crippen LogP contribution in [0, 0.1) is 11.3 Å². The fourth-order valence-electron chi connectivity index (χ4n) is 4.65. The molecule has 1 N–H and O–H groups in total. The molecule has 186 valence electrons. The summed E-state index contributed by atoms with van der Waals surface area (Å²) in [5.74, 6) is -0.169. The summed E-state index contributed by atoms with van der Waals surface area (Å²) in [6.07, 6.45) is 5.75. The van der Waals surface area contributed by atoms with Gasteiger partial charge in [0.15, 0.2) is 5.13 Å². The van der Waals surface area contributed by atoms with Crippen LogP contribution in [0.4, 0.5) is 5.13 Å². The number of benzene rings is 1. The number of esters is 1. The van der Waals surface area contributed by atoms with Crippen molar-refractivity contribution in [2.24, 2.45) is 0 Å². The van der Waals surface area contributed by atoms with Crippen LogP contribution in [0.5, 0.6) is 0 Å². The van der Waals surface area contributed by atoms with E-state index in [1.807, 2.05) is 25.1 Å². The molecule has 0 spiro atoms. The largest absolute Gasteiger partial charge is 0.466 e. The highest BCUT2D eigenvalue weighted by molar-refractivity contribution is 7.13. The van der Waals surface area contributed by atoms with Crippen LogP contribution in [-0.4, -0.2) is 60.2 Å². The molecule has 0 bridgehead atoms. The number of thiazole rings is 1. The van der Waals surface area contributed by atoms with Crippen LogP contribution in [0.3, 0.4) is 0 Å². The van der Waals surface area contributed by atoms with Gasteiger partial charge in [-0.25, -0.2) is 4.98 Å².